The summed E-state index contributed by atoms with van der Waals surface area (Å²) in [7, 11) is 0. The monoisotopic (exact) mass is 433 g/mol. The third-order valence-electron chi connectivity index (χ3n) is 7.14. The van der Waals surface area contributed by atoms with Gasteiger partial charge >= 0.3 is 0 Å². The van der Waals surface area contributed by atoms with Crippen LogP contribution in [0, 0.1) is 16.7 Å². The van der Waals surface area contributed by atoms with Crippen molar-refractivity contribution < 1.29 is 4.74 Å². The van der Waals surface area contributed by atoms with Crippen molar-refractivity contribution in [1.82, 2.24) is 15.1 Å². The Labute approximate surface area is 191 Å². The van der Waals surface area contributed by atoms with Crippen LogP contribution in [0.3, 0.4) is 0 Å². The Bertz CT molecular complexity index is 955. The molecule has 1 aliphatic heterocycles. The van der Waals surface area contributed by atoms with Crippen molar-refractivity contribution in [2.75, 3.05) is 13.2 Å². The molecule has 2 aliphatic carbocycles. The van der Waals surface area contributed by atoms with E-state index in [1.165, 1.54) is 12.8 Å². The van der Waals surface area contributed by atoms with Gasteiger partial charge in [-0.2, -0.15) is 10.4 Å². The van der Waals surface area contributed by atoms with Crippen LogP contribution in [-0.2, 0) is 4.74 Å². The van der Waals surface area contributed by atoms with Gasteiger partial charge in [0.15, 0.2) is 0 Å². The lowest BCUT2D eigenvalue weighted by Crippen LogP contribution is -2.35. The lowest BCUT2D eigenvalue weighted by Gasteiger charge is -2.36. The Morgan fingerprint density at radius 2 is 2.25 bits per heavy atom. The van der Waals surface area contributed by atoms with Gasteiger partial charge in [0.25, 0.3) is 0 Å². The molecule has 2 unspecified atom stereocenters. The topological polar surface area (TPSA) is 75.2 Å². The standard InChI is InChI=1S/C26H35N5O/c1-3-4-16-32-19-26(12-5-6-13-26)24(10-14-27)31-18-21(17-29-31)20(2)23-11-15-28-25(23)30-22-8-7-9-22/h7-8,11,15,17-18,22,24H,3-6,9-10,12-13,16,19H2,1-2H3,(H,28,30)/b23-20+. The van der Waals surface area contributed by atoms with Crippen LogP contribution in [0.15, 0.2) is 47.4 Å². The van der Waals surface area contributed by atoms with E-state index in [-0.39, 0.29) is 17.5 Å². The number of allylic oxidation sites excluding steroid dienone is 1. The predicted octanol–water partition coefficient (Wildman–Crippen LogP) is 5.33. The van der Waals surface area contributed by atoms with Gasteiger partial charge in [0.05, 0.1) is 37.4 Å². The van der Waals surface area contributed by atoms with E-state index in [1.54, 1.807) is 0 Å². The first-order valence-electron chi connectivity index (χ1n) is 12.0. The maximum atomic E-state index is 9.64. The second-order valence-electron chi connectivity index (χ2n) is 9.29. The Kier molecular flexibility index (Phi) is 7.26. The molecule has 1 aromatic heterocycles. The molecule has 0 bridgehead atoms. The minimum absolute atomic E-state index is 0.00813. The molecule has 170 valence electrons. The number of nitriles is 1. The summed E-state index contributed by atoms with van der Waals surface area (Å²) in [6.45, 7) is 5.82. The quantitative estimate of drug-likeness (QED) is 0.400. The molecular weight excluding hydrogens is 398 g/mol. The van der Waals surface area contributed by atoms with Crippen LogP contribution in [0.25, 0.3) is 5.57 Å². The van der Waals surface area contributed by atoms with Crippen molar-refractivity contribution in [2.24, 2.45) is 10.4 Å². The van der Waals surface area contributed by atoms with Gasteiger partial charge in [0.2, 0.25) is 0 Å². The number of rotatable bonds is 10. The SMILES string of the molecule is CCCCOCC1(C(CC#N)n2cc(/C(C)=C3\C=CN\C3=N\C3C=CC3)cn2)CCCC1. The van der Waals surface area contributed by atoms with Gasteiger partial charge in [-0.3, -0.25) is 9.67 Å². The molecule has 0 aromatic carbocycles. The zero-order valence-corrected chi connectivity index (χ0v) is 19.4. The Balaban J connectivity index is 1.58. The maximum Gasteiger partial charge on any atom is 0.133 e. The van der Waals surface area contributed by atoms with E-state index >= 15 is 0 Å². The molecule has 0 radical (unpaired) electrons. The van der Waals surface area contributed by atoms with Crippen molar-refractivity contribution in [3.8, 4) is 6.07 Å². The molecular formula is C26H35N5O. The van der Waals surface area contributed by atoms with Gasteiger partial charge in [0.1, 0.15) is 5.84 Å². The first-order valence-corrected chi connectivity index (χ1v) is 12.0. The molecule has 6 heteroatoms. The van der Waals surface area contributed by atoms with Gasteiger partial charge < -0.3 is 10.1 Å². The largest absolute Gasteiger partial charge is 0.381 e. The number of aromatic nitrogens is 2. The van der Waals surface area contributed by atoms with Gasteiger partial charge in [-0.05, 0) is 44.3 Å². The summed E-state index contributed by atoms with van der Waals surface area (Å²) in [5.74, 6) is 0.926. The number of hydrogen-bond acceptors (Lipinski definition) is 4. The number of nitrogens with zero attached hydrogens (tertiary/aromatic N) is 4. The summed E-state index contributed by atoms with van der Waals surface area (Å²) in [6, 6.07) is 2.74. The van der Waals surface area contributed by atoms with Crippen molar-refractivity contribution >= 4 is 11.4 Å². The van der Waals surface area contributed by atoms with E-state index < -0.39 is 0 Å². The van der Waals surface area contributed by atoms with E-state index in [9.17, 15) is 5.26 Å². The van der Waals surface area contributed by atoms with Crippen molar-refractivity contribution in [3.63, 3.8) is 0 Å². The summed E-state index contributed by atoms with van der Waals surface area (Å²) < 4.78 is 8.15. The Morgan fingerprint density at radius 1 is 1.44 bits per heavy atom. The van der Waals surface area contributed by atoms with Gasteiger partial charge in [-0.1, -0.05) is 38.3 Å². The molecule has 2 heterocycles. The van der Waals surface area contributed by atoms with Gasteiger partial charge in [0, 0.05) is 35.6 Å². The molecule has 1 N–H and O–H groups in total. The summed E-state index contributed by atoms with van der Waals surface area (Å²) >= 11 is 0. The van der Waals surface area contributed by atoms with E-state index in [1.807, 2.05) is 17.1 Å². The minimum atomic E-state index is -0.00813. The normalized spacial score (nSPS) is 24.9. The minimum Gasteiger partial charge on any atom is -0.381 e. The highest BCUT2D eigenvalue weighted by Crippen LogP contribution is 2.48. The zero-order chi connectivity index (χ0) is 22.4. The molecule has 1 fully saturated rings. The zero-order valence-electron chi connectivity index (χ0n) is 19.4. The third-order valence-corrected chi connectivity index (χ3v) is 7.14. The summed E-state index contributed by atoms with van der Waals surface area (Å²) in [5.41, 5.74) is 3.33. The smallest absolute Gasteiger partial charge is 0.133 e. The molecule has 0 spiro atoms. The predicted molar refractivity (Wildman–Crippen MR) is 128 cm³/mol. The first-order chi connectivity index (χ1) is 15.7. The second-order valence-corrected chi connectivity index (χ2v) is 9.29. The third kappa shape index (κ3) is 4.73. The Hall–Kier alpha value is -2.65. The van der Waals surface area contributed by atoms with Crippen molar-refractivity contribution in [1.29, 1.82) is 5.26 Å². The summed E-state index contributed by atoms with van der Waals surface area (Å²) in [5, 5.41) is 17.7. The van der Waals surface area contributed by atoms with Crippen molar-refractivity contribution in [2.45, 2.75) is 77.3 Å². The van der Waals surface area contributed by atoms with Crippen LogP contribution in [0.4, 0.5) is 0 Å². The molecule has 1 saturated carbocycles. The summed E-state index contributed by atoms with van der Waals surface area (Å²) in [4.78, 5) is 4.82. The van der Waals surface area contributed by atoms with E-state index in [0.717, 1.165) is 61.3 Å². The highest BCUT2D eigenvalue weighted by atomic mass is 16.5. The molecule has 6 nitrogen and oxygen atoms in total. The maximum absolute atomic E-state index is 9.64. The number of ether oxygens (including phenoxy) is 1. The lowest BCUT2D eigenvalue weighted by molar-refractivity contribution is 0.00952. The number of hydrogen-bond donors (Lipinski definition) is 1. The van der Waals surface area contributed by atoms with Gasteiger partial charge in [-0.15, -0.1) is 0 Å². The Morgan fingerprint density at radius 3 is 2.94 bits per heavy atom. The number of unbranched alkanes of at least 4 members (excludes halogenated alkanes) is 1. The highest BCUT2D eigenvalue weighted by molar-refractivity contribution is 6.09. The van der Waals surface area contributed by atoms with E-state index in [4.69, 9.17) is 14.8 Å². The molecule has 1 aromatic rings. The van der Waals surface area contributed by atoms with Gasteiger partial charge in [-0.25, -0.2) is 0 Å². The molecule has 32 heavy (non-hydrogen) atoms. The molecule has 4 rings (SSSR count). The molecule has 2 atom stereocenters. The summed E-state index contributed by atoms with van der Waals surface area (Å²) in [6.07, 6.45) is 20.6. The molecule has 0 saturated heterocycles. The number of aliphatic imine (C=N–C) groups is 1. The fraction of sp³-hybridized carbons (Fsp3) is 0.577. The van der Waals surface area contributed by atoms with Crippen LogP contribution in [0.5, 0.6) is 0 Å². The van der Waals surface area contributed by atoms with E-state index in [0.29, 0.717) is 13.0 Å². The van der Waals surface area contributed by atoms with Crippen LogP contribution in [-0.4, -0.2) is 34.9 Å². The average Bonchev–Trinajstić information content (AvgIpc) is 3.53. The van der Waals surface area contributed by atoms with Crippen LogP contribution >= 0.6 is 0 Å². The second kappa shape index (κ2) is 10.3. The van der Waals surface area contributed by atoms with Crippen molar-refractivity contribution in [3.05, 3.63) is 48.0 Å². The fourth-order valence-corrected chi connectivity index (χ4v) is 5.00. The van der Waals surface area contributed by atoms with Crippen LogP contribution in [0.1, 0.15) is 76.8 Å². The van der Waals surface area contributed by atoms with E-state index in [2.05, 4.69) is 49.7 Å². The van der Waals surface area contributed by atoms with Crippen LogP contribution in [0.2, 0.25) is 0 Å². The number of amidine groups is 1. The molecule has 3 aliphatic rings. The van der Waals surface area contributed by atoms with Crippen LogP contribution < -0.4 is 5.32 Å². The fourth-order valence-electron chi connectivity index (χ4n) is 5.00. The lowest BCUT2D eigenvalue weighted by atomic mass is 9.78. The molecule has 0 amide bonds. The highest BCUT2D eigenvalue weighted by Gasteiger charge is 2.43. The first kappa shape index (κ1) is 22.5. The average molecular weight is 434 g/mol. The number of nitrogens with one attached hydrogen (secondary N) is 1.